The highest BCUT2D eigenvalue weighted by atomic mass is 14.9. The number of benzene rings is 1. The lowest BCUT2D eigenvalue weighted by atomic mass is 9.88. The zero-order chi connectivity index (χ0) is 11.7. The summed E-state index contributed by atoms with van der Waals surface area (Å²) in [7, 11) is 0. The third-order valence-electron chi connectivity index (χ3n) is 4.24. The molecule has 1 aliphatic heterocycles. The van der Waals surface area contributed by atoms with E-state index in [1.807, 2.05) is 0 Å². The van der Waals surface area contributed by atoms with E-state index < -0.39 is 0 Å². The summed E-state index contributed by atoms with van der Waals surface area (Å²) < 4.78 is 0. The third kappa shape index (κ3) is 1.96. The van der Waals surface area contributed by atoms with Gasteiger partial charge in [0.2, 0.25) is 0 Å². The molecule has 2 aliphatic rings. The zero-order valence-corrected chi connectivity index (χ0v) is 10.1. The first-order valence-electron chi connectivity index (χ1n) is 6.56. The van der Waals surface area contributed by atoms with Gasteiger partial charge in [-0.1, -0.05) is 24.3 Å². The molecule has 0 amide bonds. The standard InChI is InChI=1S/C15H18N2/c16-11-15(7-8-15)14-3-1-12(2-4-14)13-5-9-17-10-6-13/h1-4,13,17H,5-10H2. The van der Waals surface area contributed by atoms with E-state index in [9.17, 15) is 0 Å². The van der Waals surface area contributed by atoms with Gasteiger partial charge >= 0.3 is 0 Å². The lowest BCUT2D eigenvalue weighted by Crippen LogP contribution is -2.26. The summed E-state index contributed by atoms with van der Waals surface area (Å²) >= 11 is 0. The van der Waals surface area contributed by atoms with Crippen molar-refractivity contribution >= 4 is 0 Å². The Bertz CT molecular complexity index is 431. The number of hydrogen-bond donors (Lipinski definition) is 1. The van der Waals surface area contributed by atoms with Crippen molar-refractivity contribution in [3.8, 4) is 6.07 Å². The van der Waals surface area contributed by atoms with Crippen LogP contribution in [0.3, 0.4) is 0 Å². The molecule has 0 aromatic heterocycles. The Kier molecular flexibility index (Phi) is 2.64. The van der Waals surface area contributed by atoms with Gasteiger partial charge in [0, 0.05) is 0 Å². The number of nitrogens with one attached hydrogen (secondary N) is 1. The van der Waals surface area contributed by atoms with Crippen LogP contribution >= 0.6 is 0 Å². The SMILES string of the molecule is N#CC1(c2ccc(C3CCNCC3)cc2)CC1. The Morgan fingerprint density at radius 3 is 2.29 bits per heavy atom. The van der Waals surface area contributed by atoms with E-state index >= 15 is 0 Å². The Morgan fingerprint density at radius 2 is 1.76 bits per heavy atom. The molecule has 2 fully saturated rings. The molecule has 1 saturated heterocycles. The highest BCUT2D eigenvalue weighted by Crippen LogP contribution is 2.47. The van der Waals surface area contributed by atoms with Crippen molar-refractivity contribution in [2.45, 2.75) is 37.0 Å². The van der Waals surface area contributed by atoms with Gasteiger partial charge in [0.1, 0.15) is 0 Å². The summed E-state index contributed by atoms with van der Waals surface area (Å²) in [5.74, 6) is 0.711. The van der Waals surface area contributed by atoms with E-state index in [1.54, 1.807) is 0 Å². The summed E-state index contributed by atoms with van der Waals surface area (Å²) in [6.45, 7) is 2.27. The monoisotopic (exact) mass is 226 g/mol. The minimum Gasteiger partial charge on any atom is -0.317 e. The van der Waals surface area contributed by atoms with Gasteiger partial charge in [-0.2, -0.15) is 5.26 Å². The number of nitrogens with zero attached hydrogens (tertiary/aromatic N) is 1. The molecule has 0 radical (unpaired) electrons. The number of nitriles is 1. The molecule has 3 rings (SSSR count). The molecule has 1 aromatic carbocycles. The van der Waals surface area contributed by atoms with Gasteiger partial charge in [-0.25, -0.2) is 0 Å². The molecule has 0 spiro atoms. The molecule has 0 unspecified atom stereocenters. The molecule has 2 nitrogen and oxygen atoms in total. The van der Waals surface area contributed by atoms with E-state index in [-0.39, 0.29) is 5.41 Å². The lowest BCUT2D eigenvalue weighted by molar-refractivity contribution is 0.460. The van der Waals surface area contributed by atoms with E-state index in [2.05, 4.69) is 35.7 Å². The summed E-state index contributed by atoms with van der Waals surface area (Å²) in [6, 6.07) is 11.3. The molecule has 2 heteroatoms. The first-order chi connectivity index (χ1) is 8.34. The fourth-order valence-electron chi connectivity index (χ4n) is 2.82. The predicted molar refractivity (Wildman–Crippen MR) is 67.8 cm³/mol. The van der Waals surface area contributed by atoms with Crippen molar-refractivity contribution in [2.75, 3.05) is 13.1 Å². The molecule has 1 heterocycles. The van der Waals surface area contributed by atoms with Crippen molar-refractivity contribution in [1.82, 2.24) is 5.32 Å². The van der Waals surface area contributed by atoms with Crippen LogP contribution in [0.4, 0.5) is 0 Å². The molecular formula is C15H18N2. The molecular weight excluding hydrogens is 208 g/mol. The van der Waals surface area contributed by atoms with Crippen LogP contribution in [-0.2, 0) is 5.41 Å². The lowest BCUT2D eigenvalue weighted by Gasteiger charge is -2.23. The smallest absolute Gasteiger partial charge is 0.0823 e. The molecule has 0 bridgehead atoms. The Hall–Kier alpha value is -1.33. The van der Waals surface area contributed by atoms with E-state index in [1.165, 1.54) is 24.0 Å². The molecule has 1 N–H and O–H groups in total. The van der Waals surface area contributed by atoms with Crippen LogP contribution in [-0.4, -0.2) is 13.1 Å². The maximum atomic E-state index is 9.17. The summed E-state index contributed by atoms with van der Waals surface area (Å²) in [5.41, 5.74) is 2.54. The second-order valence-corrected chi connectivity index (χ2v) is 5.34. The van der Waals surface area contributed by atoms with Crippen LogP contribution in [0, 0.1) is 11.3 Å². The van der Waals surface area contributed by atoms with Gasteiger partial charge in [0.05, 0.1) is 11.5 Å². The molecule has 1 saturated carbocycles. The minimum absolute atomic E-state index is 0.132. The van der Waals surface area contributed by atoms with Gasteiger partial charge in [-0.15, -0.1) is 0 Å². The summed E-state index contributed by atoms with van der Waals surface area (Å²) in [5, 5.41) is 12.6. The van der Waals surface area contributed by atoms with E-state index in [0.717, 1.165) is 25.9 Å². The van der Waals surface area contributed by atoms with E-state index in [4.69, 9.17) is 5.26 Å². The van der Waals surface area contributed by atoms with Gasteiger partial charge in [-0.05, 0) is 55.8 Å². The average molecular weight is 226 g/mol. The van der Waals surface area contributed by atoms with Crippen LogP contribution in [0.2, 0.25) is 0 Å². The van der Waals surface area contributed by atoms with E-state index in [0.29, 0.717) is 5.92 Å². The van der Waals surface area contributed by atoms with Crippen LogP contribution in [0.1, 0.15) is 42.7 Å². The normalized spacial score (nSPS) is 23.0. The highest BCUT2D eigenvalue weighted by molar-refractivity contribution is 5.40. The highest BCUT2D eigenvalue weighted by Gasteiger charge is 2.44. The number of piperidine rings is 1. The quantitative estimate of drug-likeness (QED) is 0.841. The first-order valence-corrected chi connectivity index (χ1v) is 6.56. The van der Waals surface area contributed by atoms with Gasteiger partial charge in [-0.3, -0.25) is 0 Å². The van der Waals surface area contributed by atoms with Gasteiger partial charge in [0.25, 0.3) is 0 Å². The first kappa shape index (κ1) is 10.8. The minimum atomic E-state index is -0.132. The van der Waals surface area contributed by atoms with Crippen molar-refractivity contribution in [1.29, 1.82) is 5.26 Å². The van der Waals surface area contributed by atoms with Crippen LogP contribution in [0.15, 0.2) is 24.3 Å². The Balaban J connectivity index is 1.78. The summed E-state index contributed by atoms with van der Waals surface area (Å²) in [4.78, 5) is 0. The van der Waals surface area contributed by atoms with Gasteiger partial charge < -0.3 is 5.32 Å². The van der Waals surface area contributed by atoms with Crippen LogP contribution in [0.5, 0.6) is 0 Å². The second-order valence-electron chi connectivity index (χ2n) is 5.34. The topological polar surface area (TPSA) is 35.8 Å². The Morgan fingerprint density at radius 1 is 1.12 bits per heavy atom. The second kappa shape index (κ2) is 4.16. The summed E-state index contributed by atoms with van der Waals surface area (Å²) in [6.07, 6.45) is 4.55. The molecule has 0 atom stereocenters. The van der Waals surface area contributed by atoms with Crippen LogP contribution in [0.25, 0.3) is 0 Å². The molecule has 1 aromatic rings. The number of rotatable bonds is 2. The molecule has 17 heavy (non-hydrogen) atoms. The molecule has 88 valence electrons. The van der Waals surface area contributed by atoms with Crippen molar-refractivity contribution < 1.29 is 0 Å². The fourth-order valence-corrected chi connectivity index (χ4v) is 2.82. The largest absolute Gasteiger partial charge is 0.317 e. The number of hydrogen-bond acceptors (Lipinski definition) is 2. The maximum Gasteiger partial charge on any atom is 0.0823 e. The average Bonchev–Trinajstić information content (AvgIpc) is 3.21. The van der Waals surface area contributed by atoms with Gasteiger partial charge in [0.15, 0.2) is 0 Å². The maximum absolute atomic E-state index is 9.17. The third-order valence-corrected chi connectivity index (χ3v) is 4.24. The zero-order valence-electron chi connectivity index (χ0n) is 10.1. The predicted octanol–water partition coefficient (Wildman–Crippen LogP) is 2.71. The van der Waals surface area contributed by atoms with Crippen molar-refractivity contribution in [2.24, 2.45) is 0 Å². The fraction of sp³-hybridized carbons (Fsp3) is 0.533. The van der Waals surface area contributed by atoms with Crippen molar-refractivity contribution in [3.63, 3.8) is 0 Å². The molecule has 1 aliphatic carbocycles. The Labute approximate surface area is 103 Å². The van der Waals surface area contributed by atoms with Crippen molar-refractivity contribution in [3.05, 3.63) is 35.4 Å². The van der Waals surface area contributed by atoms with Crippen LogP contribution < -0.4 is 5.32 Å².